The van der Waals surface area contributed by atoms with E-state index < -0.39 is 20.0 Å². The Hall–Kier alpha value is -1.17. The Morgan fingerprint density at radius 1 is 0.964 bits per heavy atom. The Kier molecular flexibility index (Phi) is 6.09. The minimum Gasteiger partial charge on any atom is -0.269 e. The molecule has 0 spiro atoms. The first-order chi connectivity index (χ1) is 13.1. The molecule has 0 bridgehead atoms. The van der Waals surface area contributed by atoms with E-state index in [1.807, 2.05) is 6.92 Å². The van der Waals surface area contributed by atoms with Gasteiger partial charge in [-0.1, -0.05) is 23.2 Å². The number of sulfonamides is 2. The van der Waals surface area contributed by atoms with E-state index in [1.165, 1.54) is 33.0 Å². The van der Waals surface area contributed by atoms with Gasteiger partial charge in [0.1, 0.15) is 9.79 Å². The summed E-state index contributed by atoms with van der Waals surface area (Å²) in [7, 11) is -7.63. The first-order valence-electron chi connectivity index (χ1n) is 8.56. The van der Waals surface area contributed by atoms with Crippen LogP contribution in [-0.4, -0.2) is 61.4 Å². The van der Waals surface area contributed by atoms with Gasteiger partial charge in [0.15, 0.2) is 0 Å². The van der Waals surface area contributed by atoms with Gasteiger partial charge in [0.25, 0.3) is 0 Å². The number of hydrogen-bond donors (Lipinski definition) is 0. The predicted octanol–water partition coefficient (Wildman–Crippen LogP) is 2.21. The van der Waals surface area contributed by atoms with Crippen LogP contribution in [0.5, 0.6) is 0 Å². The molecule has 1 saturated heterocycles. The average molecular weight is 467 g/mol. The molecule has 1 fully saturated rings. The van der Waals surface area contributed by atoms with Crippen molar-refractivity contribution >= 4 is 43.2 Å². The number of hydrogen-bond acceptors (Lipinski definition) is 5. The van der Waals surface area contributed by atoms with E-state index >= 15 is 0 Å². The lowest BCUT2D eigenvalue weighted by Gasteiger charge is -2.33. The van der Waals surface area contributed by atoms with Gasteiger partial charge in [-0.15, -0.1) is 0 Å². The molecule has 1 aromatic heterocycles. The first-order valence-corrected chi connectivity index (χ1v) is 12.2. The minimum absolute atomic E-state index is 0.0192. The maximum atomic E-state index is 12.9. The summed E-state index contributed by atoms with van der Waals surface area (Å²) in [6.45, 7) is 4.25. The van der Waals surface area contributed by atoms with E-state index in [0.717, 1.165) is 0 Å². The highest BCUT2D eigenvalue weighted by molar-refractivity contribution is 7.89. The third kappa shape index (κ3) is 3.81. The number of rotatable bonds is 5. The third-order valence-corrected chi connectivity index (χ3v) is 9.30. The van der Waals surface area contributed by atoms with Crippen molar-refractivity contribution in [2.45, 2.75) is 30.2 Å². The molecule has 0 atom stereocenters. The molecule has 1 aliphatic rings. The fraction of sp³-hybridized carbons (Fsp3) is 0.438. The number of benzene rings is 1. The van der Waals surface area contributed by atoms with Crippen LogP contribution < -0.4 is 0 Å². The molecule has 0 saturated carbocycles. The number of halogens is 2. The van der Waals surface area contributed by atoms with Crippen molar-refractivity contribution < 1.29 is 16.8 Å². The molecular weight excluding hydrogens is 447 g/mol. The molecule has 154 valence electrons. The number of aromatic nitrogens is 2. The van der Waals surface area contributed by atoms with Crippen LogP contribution >= 0.6 is 23.2 Å². The van der Waals surface area contributed by atoms with Crippen molar-refractivity contribution in [1.82, 2.24) is 18.4 Å². The molecule has 0 unspecified atom stereocenters. The molecule has 0 radical (unpaired) electrons. The van der Waals surface area contributed by atoms with E-state index in [2.05, 4.69) is 5.10 Å². The summed E-state index contributed by atoms with van der Waals surface area (Å²) in [5, 5.41) is 4.41. The molecule has 2 heterocycles. The van der Waals surface area contributed by atoms with Crippen LogP contribution in [0, 0.1) is 6.92 Å². The van der Waals surface area contributed by atoms with E-state index in [0.29, 0.717) is 12.2 Å². The van der Waals surface area contributed by atoms with E-state index in [-0.39, 0.29) is 46.0 Å². The van der Waals surface area contributed by atoms with Gasteiger partial charge in [-0.2, -0.15) is 13.7 Å². The van der Waals surface area contributed by atoms with Crippen LogP contribution in [0.3, 0.4) is 0 Å². The van der Waals surface area contributed by atoms with Crippen LogP contribution in [0.1, 0.15) is 12.6 Å². The van der Waals surface area contributed by atoms with Gasteiger partial charge in [0.2, 0.25) is 20.0 Å². The second kappa shape index (κ2) is 7.92. The van der Waals surface area contributed by atoms with Crippen LogP contribution in [0.15, 0.2) is 34.2 Å². The van der Waals surface area contributed by atoms with Crippen LogP contribution in [0.25, 0.3) is 0 Å². The minimum atomic E-state index is -3.88. The molecule has 8 nitrogen and oxygen atoms in total. The molecule has 12 heteroatoms. The quantitative estimate of drug-likeness (QED) is 0.673. The lowest BCUT2D eigenvalue weighted by molar-refractivity contribution is 0.272. The van der Waals surface area contributed by atoms with Crippen LogP contribution in [0.2, 0.25) is 10.0 Å². The Morgan fingerprint density at radius 2 is 1.50 bits per heavy atom. The van der Waals surface area contributed by atoms with Crippen molar-refractivity contribution in [2.24, 2.45) is 0 Å². The summed E-state index contributed by atoms with van der Waals surface area (Å²) < 4.78 is 55.7. The van der Waals surface area contributed by atoms with Crippen molar-refractivity contribution in [3.8, 4) is 0 Å². The number of piperazine rings is 1. The third-order valence-electron chi connectivity index (χ3n) is 4.68. The largest absolute Gasteiger partial charge is 0.269 e. The highest BCUT2D eigenvalue weighted by Crippen LogP contribution is 2.29. The maximum Gasteiger partial charge on any atom is 0.246 e. The second-order valence-corrected chi connectivity index (χ2v) is 10.9. The Balaban J connectivity index is 1.80. The second-order valence-electron chi connectivity index (χ2n) is 6.29. The molecule has 2 aromatic rings. The highest BCUT2D eigenvalue weighted by Gasteiger charge is 2.36. The molecule has 0 N–H and O–H groups in total. The molecule has 0 aliphatic carbocycles. The number of aryl methyl sites for hydroxylation is 1. The zero-order valence-corrected chi connectivity index (χ0v) is 18.5. The smallest absolute Gasteiger partial charge is 0.246 e. The predicted molar refractivity (Wildman–Crippen MR) is 107 cm³/mol. The van der Waals surface area contributed by atoms with Gasteiger partial charge in [0.05, 0.1) is 16.9 Å². The Morgan fingerprint density at radius 3 is 2.00 bits per heavy atom. The van der Waals surface area contributed by atoms with Crippen molar-refractivity contribution in [1.29, 1.82) is 0 Å². The van der Waals surface area contributed by atoms with Gasteiger partial charge in [-0.3, -0.25) is 4.68 Å². The molecule has 28 heavy (non-hydrogen) atoms. The van der Waals surface area contributed by atoms with E-state index in [4.69, 9.17) is 23.2 Å². The Bertz CT molecular complexity index is 1090. The topological polar surface area (TPSA) is 92.6 Å². The summed E-state index contributed by atoms with van der Waals surface area (Å²) in [6.07, 6.45) is 1.34. The zero-order chi connectivity index (χ0) is 20.7. The van der Waals surface area contributed by atoms with Crippen molar-refractivity contribution in [3.63, 3.8) is 0 Å². The standard InChI is InChI=1S/C16H20Cl2N4O4S2/c1-3-22-12(2)16(11-19-22)28(25,26)21-8-6-20(7-9-21)27(23,24)15-10-13(17)4-5-14(15)18/h4-5,10-11H,3,6-9H2,1-2H3. The average Bonchev–Trinajstić information content (AvgIpc) is 3.05. The van der Waals surface area contributed by atoms with E-state index in [9.17, 15) is 16.8 Å². The van der Waals surface area contributed by atoms with Gasteiger partial charge < -0.3 is 0 Å². The van der Waals surface area contributed by atoms with Gasteiger partial charge in [-0.05, 0) is 32.0 Å². The van der Waals surface area contributed by atoms with Crippen LogP contribution in [-0.2, 0) is 26.6 Å². The Labute approximate surface area is 174 Å². The fourth-order valence-corrected chi connectivity index (χ4v) is 6.85. The first kappa shape index (κ1) is 21.5. The normalized spacial score (nSPS) is 17.1. The number of nitrogens with zero attached hydrogens (tertiary/aromatic N) is 4. The summed E-state index contributed by atoms with van der Waals surface area (Å²) in [6, 6.07) is 4.22. The summed E-state index contributed by atoms with van der Waals surface area (Å²) in [4.78, 5) is 0.0570. The van der Waals surface area contributed by atoms with Crippen molar-refractivity contribution in [2.75, 3.05) is 26.2 Å². The summed E-state index contributed by atoms with van der Waals surface area (Å²) >= 11 is 11.9. The molecule has 1 aromatic carbocycles. The summed E-state index contributed by atoms with van der Waals surface area (Å²) in [5.74, 6) is 0. The maximum absolute atomic E-state index is 12.9. The SMILES string of the molecule is CCn1ncc(S(=O)(=O)N2CCN(S(=O)(=O)c3cc(Cl)ccc3Cl)CC2)c1C. The molecule has 0 amide bonds. The van der Waals surface area contributed by atoms with Gasteiger partial charge in [0, 0.05) is 37.7 Å². The molecule has 3 rings (SSSR count). The lowest BCUT2D eigenvalue weighted by atomic mass is 10.4. The monoisotopic (exact) mass is 466 g/mol. The summed E-state index contributed by atoms with van der Waals surface area (Å²) in [5.41, 5.74) is 0.559. The lowest BCUT2D eigenvalue weighted by Crippen LogP contribution is -2.50. The van der Waals surface area contributed by atoms with Gasteiger partial charge >= 0.3 is 0 Å². The van der Waals surface area contributed by atoms with Gasteiger partial charge in [-0.25, -0.2) is 16.8 Å². The van der Waals surface area contributed by atoms with Crippen LogP contribution in [0.4, 0.5) is 0 Å². The zero-order valence-electron chi connectivity index (χ0n) is 15.3. The molecular formula is C16H20Cl2N4O4S2. The fourth-order valence-electron chi connectivity index (χ4n) is 3.10. The highest BCUT2D eigenvalue weighted by atomic mass is 35.5. The van der Waals surface area contributed by atoms with E-state index in [1.54, 1.807) is 11.6 Å². The molecule has 1 aliphatic heterocycles. The van der Waals surface area contributed by atoms with Crippen molar-refractivity contribution in [3.05, 3.63) is 40.1 Å².